The maximum absolute atomic E-state index is 10.2. The predicted molar refractivity (Wildman–Crippen MR) is 463 cm³/mol. The van der Waals surface area contributed by atoms with E-state index in [2.05, 4.69) is 143 Å². The Balaban J connectivity index is 0.963. The van der Waals surface area contributed by atoms with Crippen molar-refractivity contribution in [1.82, 2.24) is 13.7 Å². The first-order chi connectivity index (χ1) is 61.7. The fraction of sp³-hybridized carbons (Fsp3) is 0.118. The van der Waals surface area contributed by atoms with Crippen LogP contribution in [-0.2, 0) is 16.2 Å². The van der Waals surface area contributed by atoms with E-state index in [1.54, 1.807) is 18.2 Å². The van der Waals surface area contributed by atoms with E-state index in [9.17, 15) is 19.2 Å². The first kappa shape index (κ1) is 46.3. The summed E-state index contributed by atoms with van der Waals surface area (Å²) in [7, 11) is 0. The van der Waals surface area contributed by atoms with E-state index in [4.69, 9.17) is 14.0 Å². The first-order valence-electron chi connectivity index (χ1n) is 47.2. The molecule has 522 valence electrons. The number of hydrogen-bond donors (Lipinski definition) is 0. The Hall–Kier alpha value is -12.8. The van der Waals surface area contributed by atoms with Gasteiger partial charge in [0.05, 0.1) is 78.9 Å². The third-order valence-corrected chi connectivity index (χ3v) is 22.2. The highest BCUT2D eigenvalue weighted by Gasteiger charge is 2.46. The number of nitrogens with zero attached hydrogens (tertiary/aromatic N) is 5. The van der Waals surface area contributed by atoms with Crippen LogP contribution in [0, 0.1) is 0 Å². The minimum Gasteiger partial charge on any atom is -0.452 e. The zero-order valence-corrected chi connectivity index (χ0v) is 61.2. The molecule has 2 aliphatic rings. The normalized spacial score (nSPS) is 15.8. The Morgan fingerprint density at radius 3 is 1.19 bits per heavy atom. The van der Waals surface area contributed by atoms with Crippen molar-refractivity contribution < 1.29 is 33.2 Å². The van der Waals surface area contributed by atoms with E-state index in [1.165, 1.54) is 9.13 Å². The van der Waals surface area contributed by atoms with Crippen LogP contribution in [0.15, 0.2) is 325 Å². The van der Waals surface area contributed by atoms with Crippen LogP contribution in [0.3, 0.4) is 0 Å². The molecule has 21 rings (SSSR count). The van der Waals surface area contributed by atoms with Gasteiger partial charge in [-0.3, -0.25) is 0 Å². The first-order valence-corrected chi connectivity index (χ1v) is 36.7. The van der Waals surface area contributed by atoms with Gasteiger partial charge in [0, 0.05) is 88.3 Å². The molecule has 0 aliphatic carbocycles. The van der Waals surface area contributed by atoms with Crippen molar-refractivity contribution in [3.8, 4) is 50.4 Å². The molecule has 0 atom stereocenters. The minimum absolute atomic E-state index is 0.117. The molecule has 2 aliphatic heterocycles. The number of anilines is 6. The van der Waals surface area contributed by atoms with Crippen molar-refractivity contribution in [3.05, 3.63) is 338 Å². The Kier molecular flexibility index (Phi) is 10.1. The molecule has 0 N–H and O–H groups in total. The second-order valence-corrected chi connectivity index (χ2v) is 31.7. The summed E-state index contributed by atoms with van der Waals surface area (Å²) in [5.74, 6) is 0. The van der Waals surface area contributed by atoms with Crippen LogP contribution >= 0.6 is 0 Å². The third kappa shape index (κ3) is 9.88. The van der Waals surface area contributed by atoms with Gasteiger partial charge in [-0.2, -0.15) is 0 Å². The van der Waals surface area contributed by atoms with Crippen molar-refractivity contribution in [3.63, 3.8) is 0 Å². The van der Waals surface area contributed by atoms with Crippen molar-refractivity contribution in [2.24, 2.45) is 0 Å². The number of aromatic nitrogens is 3. The van der Waals surface area contributed by atoms with Crippen LogP contribution in [0.4, 0.5) is 34.1 Å². The fourth-order valence-corrected chi connectivity index (χ4v) is 17.0. The standard InChI is InChI=1S/C102H80BN5O/c1-100(2,3)67-47-53-88-80(57-67)81-58-68(101(4,5)6)48-54-89(81)105(88)70-49-51-82-92(61-70)107(91-46-28-40-77-76-39-27-45-90(98(76)109-99(77)91)106-86-43-25-21-37-74(86)75-38-22-26-44-87(75)106)94-55-66(63-29-13-10-14-30-63)56-95-96(94)103(82)83-52-50-71(104-84-41-23-19-35-72(84)73-36-20-24-42-85(73)104)62-93(83)108(95)97-78(64-31-15-11-16-32-64)59-69(102(7,8)9)60-79(97)65-33-17-12-18-34-65/h10-62H,1-9H3/i10D,13D,14D,19D,20D,21D,22D,23D,24D,25D,26D,29D,30D,35D,36D,37D,38D,41D,42D,43D,44D. The predicted octanol–water partition coefficient (Wildman–Crippen LogP) is 25.9. The Morgan fingerprint density at radius 2 is 0.706 bits per heavy atom. The molecule has 6 heterocycles. The zero-order valence-electron chi connectivity index (χ0n) is 82.2. The maximum Gasteiger partial charge on any atom is 0.252 e. The van der Waals surface area contributed by atoms with Crippen molar-refractivity contribution in [2.45, 2.75) is 78.6 Å². The van der Waals surface area contributed by atoms with Gasteiger partial charge < -0.3 is 27.9 Å². The highest BCUT2D eigenvalue weighted by Crippen LogP contribution is 2.55. The molecule has 0 unspecified atom stereocenters. The lowest BCUT2D eigenvalue weighted by Crippen LogP contribution is -2.61. The summed E-state index contributed by atoms with van der Waals surface area (Å²) in [5.41, 5.74) is 12.7. The molecule has 0 saturated heterocycles. The summed E-state index contributed by atoms with van der Waals surface area (Å²) < 4.78 is 212. The van der Waals surface area contributed by atoms with Gasteiger partial charge in [0.1, 0.15) is 0 Å². The van der Waals surface area contributed by atoms with Gasteiger partial charge in [-0.15, -0.1) is 0 Å². The number of rotatable bonds is 8. The molecule has 0 amide bonds. The topological polar surface area (TPSA) is 34.4 Å². The average molecular weight is 1420 g/mol. The molecule has 15 aromatic carbocycles. The SMILES string of the molecule is [2H]c1c([2H])c([2H])c(-c2cc3c4c(c2)N(c2cccc5c2oc2c(-n6c7c([2H])c([2H])c([2H])c([2H])c7c7c([2H])c([2H])c([2H])c([2H])c76)cccc25)c2cc(-n5c6ccc(C(C)(C)C)cc6c6cc(C(C)(C)C)ccc65)ccc2B4c2ccc(-n4c5c([2H])c([2H])c([2H])c([2H])c5c5c([2H])c([2H])c([2H])c([2H])c54)cc2N3c2c(-c3ccccc3)cc(C(C)(C)C)cc2-c2ccccc2)c([2H])c1[2H]. The number of furan rings is 1. The number of hydrogen-bond acceptors (Lipinski definition) is 3. The average Bonchev–Trinajstić information content (AvgIpc) is 1.64. The number of fused-ring (bicyclic) bond motifs is 16. The molecule has 0 saturated carbocycles. The molecule has 6 nitrogen and oxygen atoms in total. The van der Waals surface area contributed by atoms with E-state index in [1.807, 2.05) is 109 Å². The molecule has 109 heavy (non-hydrogen) atoms. The second-order valence-electron chi connectivity index (χ2n) is 31.7. The van der Waals surface area contributed by atoms with E-state index in [-0.39, 0.29) is 88.1 Å². The molecule has 0 bridgehead atoms. The van der Waals surface area contributed by atoms with E-state index in [0.717, 1.165) is 49.6 Å². The third-order valence-electron chi connectivity index (χ3n) is 22.2. The van der Waals surface area contributed by atoms with Gasteiger partial charge in [0.2, 0.25) is 0 Å². The monoisotopic (exact) mass is 1420 g/mol. The fourth-order valence-electron chi connectivity index (χ4n) is 17.0. The summed E-state index contributed by atoms with van der Waals surface area (Å²) >= 11 is 0. The lowest BCUT2D eigenvalue weighted by Gasteiger charge is -2.45. The quantitative estimate of drug-likeness (QED) is 0.142. The van der Waals surface area contributed by atoms with Gasteiger partial charge in [0.25, 0.3) is 6.71 Å². The van der Waals surface area contributed by atoms with Crippen LogP contribution in [0.2, 0.25) is 0 Å². The van der Waals surface area contributed by atoms with E-state index < -0.39 is 139 Å². The summed E-state index contributed by atoms with van der Waals surface area (Å²) in [4.78, 5) is 4.21. The maximum atomic E-state index is 10.2. The molecule has 7 heteroatoms. The van der Waals surface area contributed by atoms with Crippen molar-refractivity contribution in [2.75, 3.05) is 9.80 Å². The van der Waals surface area contributed by atoms with Crippen LogP contribution in [0.25, 0.3) is 138 Å². The Morgan fingerprint density at radius 1 is 0.284 bits per heavy atom. The summed E-state index contributed by atoms with van der Waals surface area (Å²) in [6.07, 6.45) is 0. The lowest BCUT2D eigenvalue weighted by molar-refractivity contribution is 0.590. The molecule has 0 spiro atoms. The lowest BCUT2D eigenvalue weighted by atomic mass is 9.33. The van der Waals surface area contributed by atoms with E-state index in [0.29, 0.717) is 78.1 Å². The number of benzene rings is 15. The second kappa shape index (κ2) is 23.8. The van der Waals surface area contributed by atoms with Gasteiger partial charge in [0.15, 0.2) is 11.2 Å². The summed E-state index contributed by atoms with van der Waals surface area (Å²) in [6.45, 7) is 18.7. The molecule has 4 aromatic heterocycles. The van der Waals surface area contributed by atoms with Gasteiger partial charge >= 0.3 is 0 Å². The van der Waals surface area contributed by atoms with Crippen LogP contribution in [-0.4, -0.2) is 20.4 Å². The van der Waals surface area contributed by atoms with Gasteiger partial charge in [-0.1, -0.05) is 274 Å². The van der Waals surface area contributed by atoms with Gasteiger partial charge in [-0.05, 0) is 181 Å². The van der Waals surface area contributed by atoms with Crippen molar-refractivity contribution in [1.29, 1.82) is 0 Å². The van der Waals surface area contributed by atoms with Crippen LogP contribution in [0.5, 0.6) is 0 Å². The van der Waals surface area contributed by atoms with Crippen molar-refractivity contribution >= 4 is 145 Å². The summed E-state index contributed by atoms with van der Waals surface area (Å²) in [6, 6.07) is 52.2. The van der Waals surface area contributed by atoms with Crippen LogP contribution in [0.1, 0.15) is 108 Å². The smallest absolute Gasteiger partial charge is 0.252 e. The van der Waals surface area contributed by atoms with Crippen LogP contribution < -0.4 is 26.2 Å². The Bertz CT molecular complexity index is 8030. The molecule has 19 aromatic rings. The number of para-hydroxylation sites is 6. The van der Waals surface area contributed by atoms with Gasteiger partial charge in [-0.25, -0.2) is 0 Å². The highest BCUT2D eigenvalue weighted by molar-refractivity contribution is 7.00. The largest absolute Gasteiger partial charge is 0.452 e. The molecular formula is C102H80BN5O. The summed E-state index contributed by atoms with van der Waals surface area (Å²) in [5, 5.41) is 2.51. The zero-order chi connectivity index (χ0) is 91.8. The molecule has 0 radical (unpaired) electrons. The molecular weight excluding hydrogens is 1320 g/mol. The molecule has 0 fully saturated rings. The van der Waals surface area contributed by atoms with E-state index >= 15 is 0 Å². The minimum atomic E-state index is -0.889. The highest BCUT2D eigenvalue weighted by atomic mass is 16.3. The Labute approximate surface area is 665 Å².